The first kappa shape index (κ1) is 15.1. The molecule has 1 aromatic carbocycles. The highest BCUT2D eigenvalue weighted by atomic mass is 79.9. The highest BCUT2D eigenvalue weighted by molar-refractivity contribution is 9.10. The maximum Gasteiger partial charge on any atom is 0.311 e. The summed E-state index contributed by atoms with van der Waals surface area (Å²) in [7, 11) is 1.35. The van der Waals surface area contributed by atoms with E-state index in [4.69, 9.17) is 4.74 Å². The van der Waals surface area contributed by atoms with Gasteiger partial charge in [0, 0.05) is 17.7 Å². The van der Waals surface area contributed by atoms with Crippen molar-refractivity contribution >= 4 is 27.4 Å². The smallest absolute Gasteiger partial charge is 0.311 e. The van der Waals surface area contributed by atoms with E-state index in [1.165, 1.54) is 25.3 Å². The van der Waals surface area contributed by atoms with Crippen molar-refractivity contribution in [1.82, 2.24) is 0 Å². The van der Waals surface area contributed by atoms with Crippen molar-refractivity contribution in [2.24, 2.45) is 0 Å². The highest BCUT2D eigenvalue weighted by Gasteiger charge is 2.20. The van der Waals surface area contributed by atoms with Crippen LogP contribution in [-0.2, 0) is 6.54 Å². The van der Waals surface area contributed by atoms with Crippen LogP contribution in [0.3, 0.4) is 0 Å². The van der Waals surface area contributed by atoms with Crippen LogP contribution in [0.15, 0.2) is 47.2 Å². The number of pyridine rings is 1. The van der Waals surface area contributed by atoms with Gasteiger partial charge in [0.2, 0.25) is 12.3 Å². The van der Waals surface area contributed by atoms with Gasteiger partial charge in [0.1, 0.15) is 0 Å². The normalized spacial score (nSPS) is 10.2. The summed E-state index contributed by atoms with van der Waals surface area (Å²) in [5.74, 6) is -0.0875. The number of rotatable bonds is 5. The Kier molecular flexibility index (Phi) is 4.64. The fourth-order valence-corrected chi connectivity index (χ4v) is 2.27. The second-order valence-corrected chi connectivity index (χ2v) is 5.18. The van der Waals surface area contributed by atoms with Gasteiger partial charge in [-0.1, -0.05) is 0 Å². The van der Waals surface area contributed by atoms with Crippen molar-refractivity contribution in [3.05, 3.63) is 62.9 Å². The predicted molar refractivity (Wildman–Crippen MR) is 78.3 cm³/mol. The molecule has 0 amide bonds. The van der Waals surface area contributed by atoms with Crippen LogP contribution in [0.1, 0.15) is 10.4 Å². The van der Waals surface area contributed by atoms with E-state index in [0.29, 0.717) is 0 Å². The molecule has 2 rings (SSSR count). The first-order valence-corrected chi connectivity index (χ1v) is 6.81. The molecule has 0 atom stereocenters. The predicted octanol–water partition coefficient (Wildman–Crippen LogP) is 2.54. The number of halogens is 1. The Morgan fingerprint density at radius 3 is 2.81 bits per heavy atom. The van der Waals surface area contributed by atoms with Gasteiger partial charge in [0.15, 0.2) is 18.1 Å². The van der Waals surface area contributed by atoms with Gasteiger partial charge in [0.05, 0.1) is 16.5 Å². The number of nitro groups is 1. The number of ketones is 1. The average molecular weight is 352 g/mol. The molecule has 0 bridgehead atoms. The van der Waals surface area contributed by atoms with Crippen LogP contribution in [0.2, 0.25) is 0 Å². The van der Waals surface area contributed by atoms with Crippen molar-refractivity contribution in [3.8, 4) is 5.75 Å². The first-order chi connectivity index (χ1) is 10.0. The average Bonchev–Trinajstić information content (AvgIpc) is 2.46. The molecule has 6 nitrogen and oxygen atoms in total. The van der Waals surface area contributed by atoms with E-state index in [1.54, 1.807) is 23.0 Å². The van der Waals surface area contributed by atoms with E-state index in [9.17, 15) is 14.9 Å². The molecule has 0 aliphatic heterocycles. The van der Waals surface area contributed by atoms with Gasteiger partial charge in [-0.25, -0.2) is 0 Å². The highest BCUT2D eigenvalue weighted by Crippen LogP contribution is 2.27. The zero-order valence-corrected chi connectivity index (χ0v) is 12.7. The number of ether oxygens (including phenoxy) is 1. The zero-order valence-electron chi connectivity index (χ0n) is 11.2. The Morgan fingerprint density at radius 1 is 1.43 bits per heavy atom. The lowest BCUT2D eigenvalue weighted by Gasteiger charge is -2.03. The Morgan fingerprint density at radius 2 is 2.19 bits per heavy atom. The summed E-state index contributed by atoms with van der Waals surface area (Å²) in [6, 6.07) is 7.83. The second kappa shape index (κ2) is 6.45. The quantitative estimate of drug-likeness (QED) is 0.359. The van der Waals surface area contributed by atoms with E-state index in [-0.39, 0.29) is 29.3 Å². The van der Waals surface area contributed by atoms with Gasteiger partial charge in [-0.3, -0.25) is 14.9 Å². The molecule has 7 heteroatoms. The van der Waals surface area contributed by atoms with Gasteiger partial charge in [-0.2, -0.15) is 4.57 Å². The largest absolute Gasteiger partial charge is 0.490 e. The van der Waals surface area contributed by atoms with E-state index < -0.39 is 4.92 Å². The van der Waals surface area contributed by atoms with Crippen molar-refractivity contribution in [2.75, 3.05) is 7.11 Å². The van der Waals surface area contributed by atoms with E-state index >= 15 is 0 Å². The Hall–Kier alpha value is -2.28. The molecule has 0 unspecified atom stereocenters. The van der Waals surface area contributed by atoms with Gasteiger partial charge >= 0.3 is 5.69 Å². The fourth-order valence-electron chi connectivity index (χ4n) is 1.85. The molecule has 0 saturated carbocycles. The molecule has 108 valence electrons. The lowest BCUT2D eigenvalue weighted by molar-refractivity contribution is -0.683. The number of benzene rings is 1. The van der Waals surface area contributed by atoms with Crippen LogP contribution >= 0.6 is 15.9 Å². The van der Waals surface area contributed by atoms with Gasteiger partial charge in [-0.15, -0.1) is 0 Å². The molecule has 0 spiro atoms. The summed E-state index contributed by atoms with van der Waals surface area (Å²) in [5, 5.41) is 11.0. The number of aromatic nitrogens is 1. The minimum Gasteiger partial charge on any atom is -0.490 e. The number of carbonyl (C=O) groups excluding carboxylic acids is 1. The van der Waals surface area contributed by atoms with Gasteiger partial charge < -0.3 is 4.74 Å². The summed E-state index contributed by atoms with van der Waals surface area (Å²) in [4.78, 5) is 22.6. The lowest BCUT2D eigenvalue weighted by atomic mass is 10.1. The van der Waals surface area contributed by atoms with E-state index in [2.05, 4.69) is 15.9 Å². The summed E-state index contributed by atoms with van der Waals surface area (Å²) >= 11 is 3.32. The number of hydrogen-bond donors (Lipinski definition) is 0. The van der Waals surface area contributed by atoms with Crippen molar-refractivity contribution in [3.63, 3.8) is 0 Å². The number of methoxy groups -OCH3 is 1. The van der Waals surface area contributed by atoms with Crippen LogP contribution in [0.25, 0.3) is 0 Å². The summed E-state index contributed by atoms with van der Waals surface area (Å²) in [6.45, 7) is 0.100. The summed E-state index contributed by atoms with van der Waals surface area (Å²) in [6.07, 6.45) is 3.51. The Balaban J connectivity index is 2.27. The number of hydrogen-bond acceptors (Lipinski definition) is 4. The number of nitro benzene ring substituents is 1. The molecular formula is C14H12BrN2O4+. The molecule has 0 aliphatic carbocycles. The maximum absolute atomic E-state index is 12.2. The molecule has 0 aliphatic rings. The fraction of sp³-hybridized carbons (Fsp3) is 0.143. The molecule has 0 N–H and O–H groups in total. The van der Waals surface area contributed by atoms with Gasteiger partial charge in [0.25, 0.3) is 0 Å². The van der Waals surface area contributed by atoms with E-state index in [0.717, 1.165) is 4.47 Å². The molecule has 0 saturated heterocycles. The molecule has 0 radical (unpaired) electrons. The standard InChI is InChI=1S/C14H12BrN2O4/c1-21-14-5-4-10(7-12(14)17(19)20)13(18)9-16-6-2-3-11(15)8-16/h2-8H,9H2,1H3/q+1. The summed E-state index contributed by atoms with van der Waals surface area (Å²) in [5.41, 5.74) is 0.0533. The van der Waals surface area contributed by atoms with Gasteiger partial charge in [-0.05, 0) is 34.1 Å². The number of Topliss-reactive ketones (excluding diaryl/α,β-unsaturated/α-hetero) is 1. The van der Waals surface area contributed by atoms with Crippen LogP contribution in [0.5, 0.6) is 5.75 Å². The third-order valence-electron chi connectivity index (χ3n) is 2.85. The Labute approximate surface area is 129 Å². The minimum atomic E-state index is -0.568. The third-order valence-corrected chi connectivity index (χ3v) is 3.31. The van der Waals surface area contributed by atoms with Crippen molar-refractivity contribution in [1.29, 1.82) is 0 Å². The third kappa shape index (κ3) is 3.63. The first-order valence-electron chi connectivity index (χ1n) is 6.01. The monoisotopic (exact) mass is 351 g/mol. The SMILES string of the molecule is COc1ccc(C(=O)C[n+]2cccc(Br)c2)cc1[N+](=O)[O-]. The molecule has 2 aromatic rings. The lowest BCUT2D eigenvalue weighted by Crippen LogP contribution is -2.37. The topological polar surface area (TPSA) is 73.3 Å². The maximum atomic E-state index is 12.2. The Bertz CT molecular complexity index is 703. The molecule has 1 heterocycles. The van der Waals surface area contributed by atoms with Crippen LogP contribution < -0.4 is 9.30 Å². The molecule has 0 fully saturated rings. The number of nitrogens with zero attached hydrogens (tertiary/aromatic N) is 2. The molecular weight excluding hydrogens is 340 g/mol. The van der Waals surface area contributed by atoms with Crippen LogP contribution in [0.4, 0.5) is 5.69 Å². The second-order valence-electron chi connectivity index (χ2n) is 4.26. The number of carbonyl (C=O) groups is 1. The molecule has 21 heavy (non-hydrogen) atoms. The molecule has 1 aromatic heterocycles. The van der Waals surface area contributed by atoms with Crippen LogP contribution in [0, 0.1) is 10.1 Å². The van der Waals surface area contributed by atoms with E-state index in [1.807, 2.05) is 6.07 Å². The zero-order chi connectivity index (χ0) is 15.4. The minimum absolute atomic E-state index is 0.100. The summed E-state index contributed by atoms with van der Waals surface area (Å²) < 4.78 is 7.45. The van der Waals surface area contributed by atoms with Crippen molar-refractivity contribution < 1.29 is 19.0 Å². The van der Waals surface area contributed by atoms with Crippen LogP contribution in [-0.4, -0.2) is 17.8 Å². The van der Waals surface area contributed by atoms with Crippen molar-refractivity contribution in [2.45, 2.75) is 6.54 Å².